The summed E-state index contributed by atoms with van der Waals surface area (Å²) < 4.78 is 30.4. The largest absolute Gasteiger partial charge is 0.341 e. The Bertz CT molecular complexity index is 1110. The molecule has 0 spiro atoms. The van der Waals surface area contributed by atoms with Gasteiger partial charge < -0.3 is 9.47 Å². The Morgan fingerprint density at radius 1 is 1.09 bits per heavy atom. The second kappa shape index (κ2) is 10.8. The van der Waals surface area contributed by atoms with Gasteiger partial charge in [-0.25, -0.2) is 8.42 Å². The number of hydrogen-bond acceptors (Lipinski definition) is 5. The summed E-state index contributed by atoms with van der Waals surface area (Å²) in [6.07, 6.45) is 7.79. The van der Waals surface area contributed by atoms with Crippen molar-refractivity contribution in [3.8, 4) is 0 Å². The van der Waals surface area contributed by atoms with Crippen LogP contribution in [0, 0.1) is 5.92 Å². The minimum atomic E-state index is -3.79. The first kappa shape index (κ1) is 24.6. The highest BCUT2D eigenvalue weighted by atomic mass is 32.2. The quantitative estimate of drug-likeness (QED) is 0.649. The Morgan fingerprint density at radius 2 is 1.88 bits per heavy atom. The zero-order chi connectivity index (χ0) is 24.1. The van der Waals surface area contributed by atoms with E-state index < -0.39 is 16.1 Å². The maximum atomic E-state index is 13.5. The van der Waals surface area contributed by atoms with Crippen molar-refractivity contribution in [2.45, 2.75) is 70.9 Å². The normalized spacial score (nSPS) is 20.3. The maximum Gasteiger partial charge on any atom is 0.241 e. The van der Waals surface area contributed by atoms with Crippen LogP contribution in [0.15, 0.2) is 35.7 Å². The lowest BCUT2D eigenvalue weighted by Crippen LogP contribution is -2.53. The Labute approximate surface area is 202 Å². The van der Waals surface area contributed by atoms with E-state index in [9.17, 15) is 13.2 Å². The van der Waals surface area contributed by atoms with Crippen molar-refractivity contribution < 1.29 is 13.2 Å². The van der Waals surface area contributed by atoms with Crippen molar-refractivity contribution >= 4 is 22.0 Å². The molecule has 0 saturated carbocycles. The van der Waals surface area contributed by atoms with Crippen molar-refractivity contribution in [1.29, 1.82) is 0 Å². The summed E-state index contributed by atoms with van der Waals surface area (Å²) >= 11 is 0. The first-order valence-corrected chi connectivity index (χ1v) is 13.8. The average molecular weight is 486 g/mol. The van der Waals surface area contributed by atoms with Gasteiger partial charge in [0, 0.05) is 37.4 Å². The number of carbonyl (C=O) groups excluding carboxylic acids is 1. The molecule has 1 amide bonds. The molecule has 3 heterocycles. The molecule has 0 radical (unpaired) electrons. The van der Waals surface area contributed by atoms with Crippen molar-refractivity contribution in [3.05, 3.63) is 53.0 Å². The molecule has 1 saturated heterocycles. The summed E-state index contributed by atoms with van der Waals surface area (Å²) in [6, 6.07) is 8.41. The van der Waals surface area contributed by atoms with Gasteiger partial charge in [0.1, 0.15) is 17.7 Å². The molecule has 2 aromatic rings. The van der Waals surface area contributed by atoms with E-state index in [-0.39, 0.29) is 17.7 Å². The first-order chi connectivity index (χ1) is 16.3. The van der Waals surface area contributed by atoms with Gasteiger partial charge in [0.2, 0.25) is 15.9 Å². The number of carbonyl (C=O) groups is 1. The number of likely N-dealkylation sites (tertiary alicyclic amines) is 1. The molecule has 0 bridgehead atoms. The van der Waals surface area contributed by atoms with Crippen LogP contribution in [-0.4, -0.2) is 53.1 Å². The van der Waals surface area contributed by atoms with Gasteiger partial charge in [-0.05, 0) is 43.2 Å². The van der Waals surface area contributed by atoms with Crippen LogP contribution in [0.1, 0.15) is 69.1 Å². The average Bonchev–Trinajstić information content (AvgIpc) is 3.09. The predicted octanol–water partition coefficient (Wildman–Crippen LogP) is 3.33. The van der Waals surface area contributed by atoms with E-state index in [1.165, 1.54) is 12.5 Å². The fraction of sp³-hybridized carbons (Fsp3) is 0.560. The summed E-state index contributed by atoms with van der Waals surface area (Å²) in [7, 11) is -3.79. The van der Waals surface area contributed by atoms with Gasteiger partial charge in [0.25, 0.3) is 0 Å². The van der Waals surface area contributed by atoms with Crippen molar-refractivity contribution in [1.82, 2.24) is 24.4 Å². The van der Waals surface area contributed by atoms with E-state index in [4.69, 9.17) is 0 Å². The van der Waals surface area contributed by atoms with Crippen LogP contribution in [0.3, 0.4) is 0 Å². The molecule has 34 heavy (non-hydrogen) atoms. The van der Waals surface area contributed by atoms with Crippen LogP contribution >= 0.6 is 0 Å². The first-order valence-electron chi connectivity index (χ1n) is 12.3. The number of rotatable bonds is 7. The smallest absolute Gasteiger partial charge is 0.241 e. The number of fused-ring (bicyclic) bond motifs is 1. The summed E-state index contributed by atoms with van der Waals surface area (Å²) in [5.41, 5.74) is 0.784. The van der Waals surface area contributed by atoms with Crippen LogP contribution < -0.4 is 4.72 Å². The molecule has 1 aromatic carbocycles. The number of benzene rings is 1. The summed E-state index contributed by atoms with van der Waals surface area (Å²) in [5.74, 6) is 1.79. The fourth-order valence-electron chi connectivity index (χ4n) is 4.81. The van der Waals surface area contributed by atoms with E-state index in [1.807, 2.05) is 44.2 Å². The molecule has 4 rings (SSSR count). The third-order valence-electron chi connectivity index (χ3n) is 6.70. The number of hydrogen-bond donors (Lipinski definition) is 1. The minimum Gasteiger partial charge on any atom is -0.341 e. The summed E-state index contributed by atoms with van der Waals surface area (Å²) in [6.45, 7) is 5.84. The SMILES string of the molecule is CC(C)C(NS(=O)(=O)/C=C/c1ccccc1)C(=O)N1CCCC(c2nnc3n2CCCCC3)C1. The lowest BCUT2D eigenvalue weighted by atomic mass is 9.95. The maximum absolute atomic E-state index is 13.5. The third-order valence-corrected chi connectivity index (χ3v) is 7.78. The van der Waals surface area contributed by atoms with Crippen LogP contribution in [0.2, 0.25) is 0 Å². The van der Waals surface area contributed by atoms with Gasteiger partial charge in [0.05, 0.1) is 0 Å². The second-order valence-electron chi connectivity index (χ2n) is 9.66. The van der Waals surface area contributed by atoms with E-state index >= 15 is 0 Å². The Kier molecular flexibility index (Phi) is 7.83. The molecular weight excluding hydrogens is 450 g/mol. The molecule has 9 heteroatoms. The standard InChI is InChI=1S/C25H35N5O3S/c1-19(2)23(28-34(32,33)17-14-20-10-5-3-6-11-20)25(31)29-15-9-12-21(18-29)24-27-26-22-13-7-4-8-16-30(22)24/h3,5-6,10-11,14,17,19,21,23,28H,4,7-9,12-13,15-16,18H2,1-2H3/b17-14+. The highest BCUT2D eigenvalue weighted by Crippen LogP contribution is 2.28. The molecule has 2 aliphatic rings. The topological polar surface area (TPSA) is 97.2 Å². The molecule has 2 aliphatic heterocycles. The molecule has 1 fully saturated rings. The van der Waals surface area contributed by atoms with Gasteiger partial charge in [-0.3, -0.25) is 4.79 Å². The third kappa shape index (κ3) is 5.93. The Hall–Kier alpha value is -2.52. The molecule has 8 nitrogen and oxygen atoms in total. The molecule has 2 atom stereocenters. The summed E-state index contributed by atoms with van der Waals surface area (Å²) in [5, 5.41) is 10.1. The molecule has 1 aromatic heterocycles. The van der Waals surface area contributed by atoms with Crippen LogP contribution in [-0.2, 0) is 27.8 Å². The highest BCUT2D eigenvalue weighted by Gasteiger charge is 2.35. The van der Waals surface area contributed by atoms with Gasteiger partial charge >= 0.3 is 0 Å². The van der Waals surface area contributed by atoms with Crippen LogP contribution in [0.5, 0.6) is 0 Å². The van der Waals surface area contributed by atoms with Gasteiger partial charge in [-0.15, -0.1) is 10.2 Å². The zero-order valence-corrected chi connectivity index (χ0v) is 20.9. The lowest BCUT2D eigenvalue weighted by Gasteiger charge is -2.35. The van der Waals surface area contributed by atoms with E-state index in [0.717, 1.165) is 61.3 Å². The number of piperidine rings is 1. The predicted molar refractivity (Wildman–Crippen MR) is 132 cm³/mol. The molecule has 0 aliphatic carbocycles. The highest BCUT2D eigenvalue weighted by molar-refractivity contribution is 7.92. The van der Waals surface area contributed by atoms with Crippen molar-refractivity contribution in [3.63, 3.8) is 0 Å². The second-order valence-corrected chi connectivity index (χ2v) is 11.3. The zero-order valence-electron chi connectivity index (χ0n) is 20.1. The van der Waals surface area contributed by atoms with Crippen LogP contribution in [0.25, 0.3) is 6.08 Å². The van der Waals surface area contributed by atoms with Gasteiger partial charge in [0.15, 0.2) is 0 Å². The number of sulfonamides is 1. The summed E-state index contributed by atoms with van der Waals surface area (Å²) in [4.78, 5) is 15.3. The van der Waals surface area contributed by atoms with E-state index in [2.05, 4.69) is 19.5 Å². The number of aryl methyl sites for hydroxylation is 1. The molecule has 1 N–H and O–H groups in total. The number of aromatic nitrogens is 3. The number of amides is 1. The molecule has 2 unspecified atom stereocenters. The lowest BCUT2D eigenvalue weighted by molar-refractivity contribution is -0.135. The fourth-order valence-corrected chi connectivity index (χ4v) is 5.96. The van der Waals surface area contributed by atoms with Gasteiger partial charge in [-0.1, -0.05) is 50.6 Å². The minimum absolute atomic E-state index is 0.124. The number of nitrogens with one attached hydrogen (secondary N) is 1. The van der Waals surface area contributed by atoms with Gasteiger partial charge in [-0.2, -0.15) is 4.72 Å². The number of nitrogens with zero attached hydrogens (tertiary/aromatic N) is 4. The molecular formula is C25H35N5O3S. The Balaban J connectivity index is 1.46. The van der Waals surface area contributed by atoms with Crippen molar-refractivity contribution in [2.24, 2.45) is 5.92 Å². The van der Waals surface area contributed by atoms with E-state index in [1.54, 1.807) is 4.90 Å². The van der Waals surface area contributed by atoms with Crippen LogP contribution in [0.4, 0.5) is 0 Å². The van der Waals surface area contributed by atoms with Crippen molar-refractivity contribution in [2.75, 3.05) is 13.1 Å². The molecule has 184 valence electrons. The monoisotopic (exact) mass is 485 g/mol. The Morgan fingerprint density at radius 3 is 2.65 bits per heavy atom. The van der Waals surface area contributed by atoms with E-state index in [0.29, 0.717) is 13.1 Å².